The highest BCUT2D eigenvalue weighted by atomic mass is 127. The van der Waals surface area contributed by atoms with Gasteiger partial charge in [-0.3, -0.25) is 20.0 Å². The Morgan fingerprint density at radius 1 is 1.09 bits per heavy atom. The molecule has 1 aliphatic carbocycles. The first kappa shape index (κ1) is 44.3. The SMILES string of the molecule is [C-]#[N+]C(=C=[N-])C1=C(C=C2C=C(C(C)(C)C)OC(C(C)(C)C)=C2)C(=O)C1=CC1=[N+](CCCS(=O)(=O)O)c2cc(I)c(I)c(I)c2C1(C)C(CCCC)C(=O)O. The molecule has 0 fully saturated rings. The fourth-order valence-electron chi connectivity index (χ4n) is 6.89. The van der Waals surface area contributed by atoms with Crippen LogP contribution in [-0.2, 0) is 29.9 Å². The van der Waals surface area contributed by atoms with E-state index in [2.05, 4.69) is 72.6 Å². The monoisotopic (exact) mass is 1090 g/mol. The maximum Gasteiger partial charge on any atom is 0.307 e. The highest BCUT2D eigenvalue weighted by Gasteiger charge is 2.57. The molecular weight excluding hydrogens is 1050 g/mol. The molecule has 0 radical (unpaired) electrons. The first-order valence-corrected chi connectivity index (χ1v) is 22.3. The molecule has 0 saturated heterocycles. The summed E-state index contributed by atoms with van der Waals surface area (Å²) in [6, 6.07) is 1.93. The fourth-order valence-corrected chi connectivity index (χ4v) is 10.0. The number of hydrogen-bond donors (Lipinski definition) is 2. The molecule has 54 heavy (non-hydrogen) atoms. The fraction of sp³-hybridized carbons (Fsp3) is 0.450. The zero-order chi connectivity index (χ0) is 40.7. The first-order chi connectivity index (χ1) is 24.9. The number of aliphatic carboxylic acids is 1. The molecular formula is C40H44I3N3O7S. The number of Topliss-reactive ketones (excluding diaryl/α,β-unsaturated/α-hetero) is 1. The van der Waals surface area contributed by atoms with Crippen LogP contribution in [0.15, 0.2) is 69.9 Å². The van der Waals surface area contributed by atoms with Gasteiger partial charge in [0.15, 0.2) is 11.5 Å². The Balaban J connectivity index is 2.11. The lowest BCUT2D eigenvalue weighted by Gasteiger charge is -2.33. The van der Waals surface area contributed by atoms with Gasteiger partial charge in [0.05, 0.1) is 29.2 Å². The highest BCUT2D eigenvalue weighted by Crippen LogP contribution is 2.52. The Bertz CT molecular complexity index is 2190. The standard InChI is InChI=1S/C40H44I3N3O7S/c1-10-11-13-25(37(48)49)40(8)29(46(14-12-15-54(50,51)52)28-20-26(41)34(42)35(43)33(28)40)19-24-32(27(21-44)45-9)23(36(24)47)16-22-17-30(38(2,3)4)53-31(18-22)39(5,6)7/h16-20,25H,10-15H2,1-8H3,(H,48,49)(H,50,51,52). The lowest BCUT2D eigenvalue weighted by atomic mass is 9.66. The van der Waals surface area contributed by atoms with Gasteiger partial charge in [0.1, 0.15) is 18.1 Å². The number of rotatable bonds is 12. The van der Waals surface area contributed by atoms with Crippen molar-refractivity contribution in [3.63, 3.8) is 0 Å². The molecule has 2 heterocycles. The molecule has 10 nitrogen and oxygen atoms in total. The maximum absolute atomic E-state index is 14.4. The molecule has 1 aromatic rings. The molecule has 0 amide bonds. The predicted molar refractivity (Wildman–Crippen MR) is 236 cm³/mol. The van der Waals surface area contributed by atoms with Crippen molar-refractivity contribution in [2.45, 2.75) is 86.5 Å². The van der Waals surface area contributed by atoms with Gasteiger partial charge in [-0.2, -0.15) is 13.0 Å². The van der Waals surface area contributed by atoms with Gasteiger partial charge in [-0.05, 0) is 105 Å². The molecule has 2 unspecified atom stereocenters. The molecule has 0 bridgehead atoms. The van der Waals surface area contributed by atoms with Gasteiger partial charge in [0.25, 0.3) is 10.1 Å². The largest absolute Gasteiger partial charge is 0.775 e. The Morgan fingerprint density at radius 2 is 1.69 bits per heavy atom. The molecule has 4 rings (SSSR count). The Hall–Kier alpha value is -2.43. The van der Waals surface area contributed by atoms with Crippen LogP contribution in [0.4, 0.5) is 5.69 Å². The third kappa shape index (κ3) is 8.91. The van der Waals surface area contributed by atoms with E-state index in [4.69, 9.17) is 11.3 Å². The minimum Gasteiger partial charge on any atom is -0.775 e. The number of ketones is 1. The summed E-state index contributed by atoms with van der Waals surface area (Å²) in [7, 11) is -4.31. The molecule has 1 aromatic carbocycles. The van der Waals surface area contributed by atoms with Gasteiger partial charge in [-0.15, -0.1) is 0 Å². The average Bonchev–Trinajstić information content (AvgIpc) is 3.29. The second-order valence-corrected chi connectivity index (χ2v) is 20.7. The van der Waals surface area contributed by atoms with Gasteiger partial charge in [0, 0.05) is 56.8 Å². The summed E-state index contributed by atoms with van der Waals surface area (Å²) >= 11 is 6.67. The van der Waals surface area contributed by atoms with Gasteiger partial charge < -0.3 is 15.3 Å². The number of halogens is 3. The Labute approximate surface area is 359 Å². The van der Waals surface area contributed by atoms with E-state index in [1.54, 1.807) is 12.2 Å². The minimum absolute atomic E-state index is 0.00540. The van der Waals surface area contributed by atoms with Crippen molar-refractivity contribution >= 4 is 107 Å². The van der Waals surface area contributed by atoms with Crippen LogP contribution in [0.2, 0.25) is 0 Å². The summed E-state index contributed by atoms with van der Waals surface area (Å²) < 4.78 is 44.1. The lowest BCUT2D eigenvalue weighted by Crippen LogP contribution is -2.44. The Morgan fingerprint density at radius 3 is 2.17 bits per heavy atom. The van der Waals surface area contributed by atoms with E-state index in [1.807, 2.05) is 84.1 Å². The van der Waals surface area contributed by atoms with Gasteiger partial charge in [-0.25, -0.2) is 4.85 Å². The summed E-state index contributed by atoms with van der Waals surface area (Å²) in [6.45, 7) is 23.9. The van der Waals surface area contributed by atoms with Crippen molar-refractivity contribution in [2.75, 3.05) is 12.3 Å². The van der Waals surface area contributed by atoms with Crippen molar-refractivity contribution in [1.29, 1.82) is 0 Å². The number of carbonyl (C=O) groups is 2. The number of unbranched alkanes of at least 4 members (excludes halogenated alkanes) is 1. The van der Waals surface area contributed by atoms with Crippen molar-refractivity contribution in [3.8, 4) is 0 Å². The van der Waals surface area contributed by atoms with E-state index >= 15 is 0 Å². The van der Waals surface area contributed by atoms with Crippen molar-refractivity contribution < 1.29 is 37.0 Å². The molecule has 0 aromatic heterocycles. The number of carbonyl (C=O) groups excluding carboxylic acids is 1. The third-order valence-electron chi connectivity index (χ3n) is 9.77. The lowest BCUT2D eigenvalue weighted by molar-refractivity contribution is -0.437. The summed E-state index contributed by atoms with van der Waals surface area (Å²) in [5.41, 5.74) is 0.729. The molecule has 14 heteroatoms. The van der Waals surface area contributed by atoms with E-state index in [9.17, 15) is 33.1 Å². The van der Waals surface area contributed by atoms with Gasteiger partial charge >= 0.3 is 5.97 Å². The second kappa shape index (κ2) is 16.6. The molecule has 0 saturated carbocycles. The topological polar surface area (TPSA) is 148 Å². The number of allylic oxidation sites excluding steroid dienone is 9. The minimum atomic E-state index is -4.31. The van der Waals surface area contributed by atoms with Crippen molar-refractivity contribution in [1.82, 2.24) is 0 Å². The number of carboxylic acid groups (broad SMARTS) is 1. The van der Waals surface area contributed by atoms with E-state index in [0.717, 1.165) is 22.7 Å². The van der Waals surface area contributed by atoms with Crippen LogP contribution in [-0.4, -0.2) is 58.3 Å². The summed E-state index contributed by atoms with van der Waals surface area (Å²) in [5.74, 6) is 0.441. The summed E-state index contributed by atoms with van der Waals surface area (Å²) in [6.07, 6.45) is 8.68. The molecule has 0 spiro atoms. The second-order valence-electron chi connectivity index (χ2n) is 15.8. The number of benzene rings is 1. The zero-order valence-electron chi connectivity index (χ0n) is 31.5. The molecule has 2 atom stereocenters. The number of fused-ring (bicyclic) bond motifs is 1. The predicted octanol–water partition coefficient (Wildman–Crippen LogP) is 9.69. The van der Waals surface area contributed by atoms with Crippen LogP contribution >= 0.6 is 67.8 Å². The van der Waals surface area contributed by atoms with Crippen LogP contribution < -0.4 is 0 Å². The first-order valence-electron chi connectivity index (χ1n) is 17.4. The highest BCUT2D eigenvalue weighted by molar-refractivity contribution is 14.1. The number of nitrogens with zero attached hydrogens (tertiary/aromatic N) is 3. The van der Waals surface area contributed by atoms with Crippen LogP contribution in [0.3, 0.4) is 0 Å². The van der Waals surface area contributed by atoms with E-state index in [-0.39, 0.29) is 46.2 Å². The van der Waals surface area contributed by atoms with Gasteiger partial charge in [0.2, 0.25) is 11.4 Å². The number of hydrogen-bond acceptors (Lipinski definition) is 5. The molecule has 288 valence electrons. The van der Waals surface area contributed by atoms with E-state index in [0.29, 0.717) is 41.3 Å². The smallest absolute Gasteiger partial charge is 0.307 e. The van der Waals surface area contributed by atoms with Crippen molar-refractivity contribution in [2.24, 2.45) is 16.7 Å². The quantitative estimate of drug-likeness (QED) is 0.0403. The molecule has 2 N–H and O–H groups in total. The van der Waals surface area contributed by atoms with Gasteiger partial charge in [-0.1, -0.05) is 61.3 Å². The van der Waals surface area contributed by atoms with Crippen LogP contribution in [0.1, 0.15) is 86.6 Å². The normalized spacial score (nSPS) is 20.1. The molecule has 3 aliphatic rings. The van der Waals surface area contributed by atoms with Crippen LogP contribution in [0.5, 0.6) is 0 Å². The summed E-state index contributed by atoms with van der Waals surface area (Å²) in [5, 5.41) is 21.0. The Kier molecular flexibility index (Phi) is 13.6. The van der Waals surface area contributed by atoms with E-state index in [1.165, 1.54) is 0 Å². The number of ether oxygens (including phenoxy) is 1. The van der Waals surface area contributed by atoms with Crippen molar-refractivity contribution in [3.05, 3.63) is 103 Å². The average molecular weight is 1090 g/mol. The number of carboxylic acids is 1. The maximum atomic E-state index is 14.4. The van der Waals surface area contributed by atoms with Crippen LogP contribution in [0, 0.1) is 34.0 Å². The molecule has 2 aliphatic heterocycles. The van der Waals surface area contributed by atoms with E-state index < -0.39 is 39.0 Å². The van der Waals surface area contributed by atoms with Crippen LogP contribution in [0.25, 0.3) is 10.3 Å². The zero-order valence-corrected chi connectivity index (χ0v) is 38.8. The summed E-state index contributed by atoms with van der Waals surface area (Å²) in [4.78, 5) is 31.2. The third-order valence-corrected chi connectivity index (χ3v) is 15.7.